The summed E-state index contributed by atoms with van der Waals surface area (Å²) in [5.41, 5.74) is 3.09. The molecular formula is C21H18N2O3. The third-order valence-corrected chi connectivity index (χ3v) is 4.22. The maximum atomic E-state index is 12.0. The highest BCUT2D eigenvalue weighted by Gasteiger charge is 2.34. The van der Waals surface area contributed by atoms with Crippen molar-refractivity contribution in [1.29, 1.82) is 0 Å². The van der Waals surface area contributed by atoms with E-state index in [1.165, 1.54) is 11.9 Å². The molecule has 1 aromatic heterocycles. The fourth-order valence-electron chi connectivity index (χ4n) is 2.90. The van der Waals surface area contributed by atoms with Crippen LogP contribution in [0.5, 0.6) is 0 Å². The Kier molecular flexibility index (Phi) is 4.05. The van der Waals surface area contributed by atoms with Crippen molar-refractivity contribution in [1.82, 2.24) is 5.01 Å². The molecule has 0 bridgehead atoms. The molecule has 1 aliphatic heterocycles. The summed E-state index contributed by atoms with van der Waals surface area (Å²) in [5.74, 6) is 1.39. The highest BCUT2D eigenvalue weighted by Crippen LogP contribution is 2.32. The summed E-state index contributed by atoms with van der Waals surface area (Å²) in [6.45, 7) is 3.32. The fourth-order valence-corrected chi connectivity index (χ4v) is 2.90. The maximum absolute atomic E-state index is 12.0. The first-order valence-electron chi connectivity index (χ1n) is 8.39. The molecule has 0 N–H and O–H groups in total. The van der Waals surface area contributed by atoms with Crippen LogP contribution in [0, 0.1) is 6.92 Å². The number of nitrogens with zero attached hydrogens (tertiary/aromatic N) is 2. The average molecular weight is 346 g/mol. The van der Waals surface area contributed by atoms with Crippen LogP contribution >= 0.6 is 0 Å². The lowest BCUT2D eigenvalue weighted by Gasteiger charge is -2.19. The van der Waals surface area contributed by atoms with Gasteiger partial charge in [-0.1, -0.05) is 54.6 Å². The lowest BCUT2D eigenvalue weighted by atomic mass is 10.0. The molecule has 0 radical (unpaired) electrons. The van der Waals surface area contributed by atoms with Crippen LogP contribution in [0.1, 0.15) is 30.2 Å². The Labute approximate surface area is 151 Å². The zero-order chi connectivity index (χ0) is 18.1. The lowest BCUT2D eigenvalue weighted by Crippen LogP contribution is -2.25. The summed E-state index contributed by atoms with van der Waals surface area (Å²) < 4.78 is 11.5. The number of furan rings is 1. The third kappa shape index (κ3) is 2.99. The van der Waals surface area contributed by atoms with Gasteiger partial charge in [-0.25, -0.2) is 0 Å². The van der Waals surface area contributed by atoms with E-state index in [0.717, 1.165) is 22.5 Å². The van der Waals surface area contributed by atoms with Gasteiger partial charge in [0.25, 0.3) is 5.90 Å². The Bertz CT molecular complexity index is 958. The van der Waals surface area contributed by atoms with Gasteiger partial charge in [0.05, 0.1) is 0 Å². The first kappa shape index (κ1) is 16.1. The second kappa shape index (κ2) is 6.52. The molecule has 0 aliphatic carbocycles. The topological polar surface area (TPSA) is 55.0 Å². The van der Waals surface area contributed by atoms with Crippen molar-refractivity contribution in [2.24, 2.45) is 5.10 Å². The number of aryl methyl sites for hydroxylation is 1. The van der Waals surface area contributed by atoms with Gasteiger partial charge in [0.15, 0.2) is 5.76 Å². The molecule has 2 aromatic carbocycles. The van der Waals surface area contributed by atoms with Crippen molar-refractivity contribution in [2.45, 2.75) is 20.1 Å². The van der Waals surface area contributed by atoms with Gasteiger partial charge >= 0.3 is 0 Å². The molecule has 5 nitrogen and oxygen atoms in total. The predicted molar refractivity (Wildman–Crippen MR) is 98.2 cm³/mol. The SMILES string of the molecule is CC(=O)N1N=C(c2ccc(C)o2)OC1c1ccc(-c2ccccc2)cc1. The second-order valence-corrected chi connectivity index (χ2v) is 6.14. The smallest absolute Gasteiger partial charge is 0.277 e. The molecule has 26 heavy (non-hydrogen) atoms. The van der Waals surface area contributed by atoms with E-state index in [0.29, 0.717) is 11.7 Å². The molecule has 0 fully saturated rings. The van der Waals surface area contributed by atoms with Gasteiger partial charge in [-0.05, 0) is 30.2 Å². The summed E-state index contributed by atoms with van der Waals surface area (Å²) in [5, 5.41) is 5.63. The van der Waals surface area contributed by atoms with E-state index < -0.39 is 6.23 Å². The summed E-state index contributed by atoms with van der Waals surface area (Å²) in [6, 6.07) is 21.7. The minimum Gasteiger partial charge on any atom is -0.456 e. The number of carbonyl (C=O) groups is 1. The van der Waals surface area contributed by atoms with Crippen molar-refractivity contribution in [2.75, 3.05) is 0 Å². The molecule has 130 valence electrons. The normalized spacial score (nSPS) is 16.3. The molecule has 2 heterocycles. The van der Waals surface area contributed by atoms with Crippen molar-refractivity contribution in [3.05, 3.63) is 83.8 Å². The molecule has 5 heteroatoms. The molecule has 0 spiro atoms. The van der Waals surface area contributed by atoms with Gasteiger partial charge in [-0.15, -0.1) is 5.10 Å². The van der Waals surface area contributed by atoms with E-state index >= 15 is 0 Å². The number of hydrazone groups is 1. The van der Waals surface area contributed by atoms with Crippen LogP contribution in [0.4, 0.5) is 0 Å². The Morgan fingerprint density at radius 2 is 1.65 bits per heavy atom. The van der Waals surface area contributed by atoms with Gasteiger partial charge in [-0.3, -0.25) is 4.79 Å². The van der Waals surface area contributed by atoms with Gasteiger partial charge in [0.2, 0.25) is 12.1 Å². The zero-order valence-corrected chi connectivity index (χ0v) is 14.5. The van der Waals surface area contributed by atoms with Crippen molar-refractivity contribution in [3.63, 3.8) is 0 Å². The number of ether oxygens (including phenoxy) is 1. The van der Waals surface area contributed by atoms with Gasteiger partial charge in [-0.2, -0.15) is 5.01 Å². The minimum absolute atomic E-state index is 0.194. The Hall–Kier alpha value is -3.34. The molecule has 4 rings (SSSR count). The first-order chi connectivity index (χ1) is 12.6. The monoisotopic (exact) mass is 346 g/mol. The largest absolute Gasteiger partial charge is 0.456 e. The number of hydrogen-bond donors (Lipinski definition) is 0. The quantitative estimate of drug-likeness (QED) is 0.702. The minimum atomic E-state index is -0.599. The predicted octanol–water partition coefficient (Wildman–Crippen LogP) is 4.49. The molecule has 1 amide bonds. The molecule has 0 saturated heterocycles. The van der Waals surface area contributed by atoms with Crippen molar-refractivity contribution < 1.29 is 13.9 Å². The van der Waals surface area contributed by atoms with Crippen LogP contribution in [-0.2, 0) is 9.53 Å². The summed E-state index contributed by atoms with van der Waals surface area (Å²) in [6.07, 6.45) is -0.599. The molecule has 1 aliphatic rings. The van der Waals surface area contributed by atoms with E-state index in [1.807, 2.05) is 55.5 Å². The van der Waals surface area contributed by atoms with E-state index in [2.05, 4.69) is 17.2 Å². The van der Waals surface area contributed by atoms with Gasteiger partial charge in [0, 0.05) is 12.5 Å². The standard InChI is InChI=1S/C21H18N2O3/c1-14-8-13-19(25-14)20-22-23(15(2)24)21(26-20)18-11-9-17(10-12-18)16-6-4-3-5-7-16/h3-13,21H,1-2H3. The van der Waals surface area contributed by atoms with Crippen molar-refractivity contribution in [3.8, 4) is 11.1 Å². The number of carbonyl (C=O) groups excluding carboxylic acids is 1. The number of amides is 1. The number of hydrogen-bond acceptors (Lipinski definition) is 4. The molecule has 1 atom stereocenters. The van der Waals surface area contributed by atoms with Crippen LogP contribution in [-0.4, -0.2) is 16.8 Å². The zero-order valence-electron chi connectivity index (χ0n) is 14.5. The summed E-state index contributed by atoms with van der Waals surface area (Å²) in [7, 11) is 0. The van der Waals surface area contributed by atoms with Crippen LogP contribution in [0.2, 0.25) is 0 Å². The lowest BCUT2D eigenvalue weighted by molar-refractivity contribution is -0.135. The van der Waals surface area contributed by atoms with Gasteiger partial charge < -0.3 is 9.15 Å². The number of benzene rings is 2. The van der Waals surface area contributed by atoms with E-state index in [9.17, 15) is 4.79 Å². The van der Waals surface area contributed by atoms with E-state index in [1.54, 1.807) is 6.07 Å². The van der Waals surface area contributed by atoms with Crippen molar-refractivity contribution >= 4 is 11.8 Å². The molecule has 3 aromatic rings. The van der Waals surface area contributed by atoms with Crippen LogP contribution in [0.25, 0.3) is 11.1 Å². The Morgan fingerprint density at radius 3 is 2.27 bits per heavy atom. The highest BCUT2D eigenvalue weighted by atomic mass is 16.5. The van der Waals surface area contributed by atoms with E-state index in [4.69, 9.17) is 9.15 Å². The Balaban J connectivity index is 1.61. The number of rotatable bonds is 3. The molecule has 1 unspecified atom stereocenters. The summed E-state index contributed by atoms with van der Waals surface area (Å²) in [4.78, 5) is 12.0. The second-order valence-electron chi connectivity index (χ2n) is 6.14. The molecule has 0 saturated carbocycles. The molecular weight excluding hydrogens is 328 g/mol. The summed E-state index contributed by atoms with van der Waals surface area (Å²) >= 11 is 0. The maximum Gasteiger partial charge on any atom is 0.277 e. The Morgan fingerprint density at radius 1 is 0.962 bits per heavy atom. The van der Waals surface area contributed by atoms with Crippen LogP contribution in [0.15, 0.2) is 76.2 Å². The first-order valence-corrected chi connectivity index (χ1v) is 8.39. The van der Waals surface area contributed by atoms with Gasteiger partial charge in [0.1, 0.15) is 5.76 Å². The average Bonchev–Trinajstić information content (AvgIpc) is 3.29. The van der Waals surface area contributed by atoms with E-state index in [-0.39, 0.29) is 5.91 Å². The van der Waals surface area contributed by atoms with Crippen LogP contribution < -0.4 is 0 Å². The highest BCUT2D eigenvalue weighted by molar-refractivity contribution is 5.94. The fraction of sp³-hybridized carbons (Fsp3) is 0.143. The third-order valence-electron chi connectivity index (χ3n) is 4.22. The van der Waals surface area contributed by atoms with Crippen LogP contribution in [0.3, 0.4) is 0 Å².